The Morgan fingerprint density at radius 2 is 1.67 bits per heavy atom. The van der Waals surface area contributed by atoms with Gasteiger partial charge in [0.05, 0.1) is 18.0 Å². The summed E-state index contributed by atoms with van der Waals surface area (Å²) in [5.41, 5.74) is 17.1. The lowest BCUT2D eigenvalue weighted by Gasteiger charge is -2.32. The van der Waals surface area contributed by atoms with Gasteiger partial charge in [-0.25, -0.2) is 4.98 Å². The number of carbonyl (C=O) groups excluding carboxylic acids is 3. The summed E-state index contributed by atoms with van der Waals surface area (Å²) in [4.78, 5) is 54.7. The maximum absolute atomic E-state index is 14.7. The molecule has 0 fully saturated rings. The average molecular weight is 809 g/mol. The van der Waals surface area contributed by atoms with E-state index in [2.05, 4.69) is 33.6 Å². The van der Waals surface area contributed by atoms with Crippen LogP contribution in [0, 0.1) is 0 Å². The number of aromatic amines is 1. The van der Waals surface area contributed by atoms with Crippen LogP contribution in [-0.2, 0) is 33.9 Å². The molecule has 3 amide bonds. The van der Waals surface area contributed by atoms with Crippen molar-refractivity contribution in [2.24, 2.45) is 11.5 Å². The summed E-state index contributed by atoms with van der Waals surface area (Å²) in [7, 11) is 3.26. The third-order valence-corrected chi connectivity index (χ3v) is 11.9. The number of nitrogens with one attached hydrogen (secondary N) is 4. The summed E-state index contributed by atoms with van der Waals surface area (Å²) >= 11 is 5.96. The van der Waals surface area contributed by atoms with Gasteiger partial charge >= 0.3 is 0 Å². The average Bonchev–Trinajstić information content (AvgIpc) is 3.64. The Morgan fingerprint density at radius 1 is 0.895 bits per heavy atom. The molecule has 14 heteroatoms. The number of amides is 3. The number of para-hydroxylation sites is 1. The topological polar surface area (TPSA) is 180 Å². The normalized spacial score (nSPS) is 18.4. The van der Waals surface area contributed by atoms with Crippen molar-refractivity contribution in [3.05, 3.63) is 102 Å². The van der Waals surface area contributed by atoms with Crippen molar-refractivity contribution in [2.75, 3.05) is 27.2 Å². The van der Waals surface area contributed by atoms with Gasteiger partial charge in [-0.05, 0) is 103 Å². The van der Waals surface area contributed by atoms with Crippen LogP contribution in [0.25, 0.3) is 22.0 Å². The molecule has 1 aliphatic heterocycles. The summed E-state index contributed by atoms with van der Waals surface area (Å²) in [6.07, 6.45) is 6.57. The molecule has 5 aromatic rings. The fraction of sp³-hybridized carbons (Fsp3) is 0.349. The highest BCUT2D eigenvalue weighted by molar-refractivity contribution is 7.99. The van der Waals surface area contributed by atoms with Crippen LogP contribution in [0.15, 0.2) is 100 Å². The van der Waals surface area contributed by atoms with Crippen LogP contribution >= 0.6 is 24.4 Å². The molecule has 0 unspecified atom stereocenters. The molecule has 3 heterocycles. The van der Waals surface area contributed by atoms with Crippen LogP contribution in [0.3, 0.4) is 0 Å². The molecular weight excluding hydrogens is 757 g/mol. The number of unbranched alkanes of at least 4 members (excludes halogenated alkanes) is 1. The number of fused-ring (bicyclic) bond motifs is 3. The first-order valence-corrected chi connectivity index (χ1v) is 20.6. The third-order valence-electron chi connectivity index (χ3n) is 10.4. The molecule has 0 saturated heterocycles. The molecule has 3 aromatic carbocycles. The molecule has 57 heavy (non-hydrogen) atoms. The van der Waals surface area contributed by atoms with E-state index in [9.17, 15) is 14.4 Å². The lowest BCUT2D eigenvalue weighted by molar-refractivity contribution is -0.142. The molecule has 0 spiro atoms. The predicted molar refractivity (Wildman–Crippen MR) is 228 cm³/mol. The number of pyridine rings is 1. The van der Waals surface area contributed by atoms with Gasteiger partial charge in [0.25, 0.3) is 0 Å². The number of methoxy groups -OCH3 is 1. The van der Waals surface area contributed by atoms with Crippen LogP contribution < -0.4 is 32.2 Å². The Bertz CT molecular complexity index is 2160. The van der Waals surface area contributed by atoms with Crippen molar-refractivity contribution in [1.82, 2.24) is 30.8 Å². The van der Waals surface area contributed by atoms with Gasteiger partial charge in [0.2, 0.25) is 17.7 Å². The van der Waals surface area contributed by atoms with Crippen LogP contribution in [-0.4, -0.2) is 78.0 Å². The maximum Gasteiger partial charge on any atom is 0.245 e. The zero-order chi connectivity index (χ0) is 40.3. The first kappa shape index (κ1) is 41.8. The molecule has 12 nitrogen and oxygen atoms in total. The molecule has 8 N–H and O–H groups in total. The van der Waals surface area contributed by atoms with E-state index in [4.69, 9.17) is 21.2 Å². The zero-order valence-corrected chi connectivity index (χ0v) is 34.1. The second kappa shape index (κ2) is 20.0. The molecule has 300 valence electrons. The van der Waals surface area contributed by atoms with Crippen molar-refractivity contribution < 1.29 is 19.1 Å². The second-order valence-corrected chi connectivity index (χ2v) is 15.7. The van der Waals surface area contributed by atoms with Gasteiger partial charge in [-0.1, -0.05) is 54.2 Å². The minimum absolute atomic E-state index is 0.126. The number of nitrogens with zero attached hydrogens (tertiary/aromatic N) is 2. The molecule has 6 rings (SSSR count). The highest BCUT2D eigenvalue weighted by atomic mass is 32.2. The van der Waals surface area contributed by atoms with Gasteiger partial charge in [-0.15, -0.1) is 12.6 Å². The van der Waals surface area contributed by atoms with E-state index in [-0.39, 0.29) is 30.7 Å². The van der Waals surface area contributed by atoms with E-state index < -0.39 is 18.1 Å². The van der Waals surface area contributed by atoms with E-state index >= 15 is 0 Å². The number of rotatable bonds is 11. The largest absolute Gasteiger partial charge is 0.496 e. The Morgan fingerprint density at radius 3 is 2.44 bits per heavy atom. The molecule has 1 aliphatic rings. The minimum atomic E-state index is -0.927. The Hall–Kier alpha value is -4.86. The standard InChI is InChI=1S/C43H52N8O4S2/c1-51-37(23-29-25-47-34-11-4-3-10-32(29)34)41(53)49-26-33-31(27-14-16-30(56)17-15-27)18-19-38(55-2)39(33)57-42-28(9-8-22-46-42)24-48-35(13-7-21-45)40(52)50-36(43(51)54)12-5-6-20-44/h3-4,8-11,14-19,22,25,35-37,47-48,56H,5-7,12-13,20-21,23-24,26,44-45H2,1-2H3,(H,49,53)(H,50,52)/t35-,36-,37-/m0/s1. The summed E-state index contributed by atoms with van der Waals surface area (Å²) in [5, 5.41) is 11.4. The SMILES string of the molecule is COc1ccc(-c2ccc(S)cc2)c2c1Sc1ncccc1CN[C@@H](CCCN)C(=O)N[C@@H](CCCCN)C(=O)N(C)[C@@H](Cc1c[nH]c3ccccc13)C(=O)NC2. The predicted octanol–water partition coefficient (Wildman–Crippen LogP) is 5.19. The lowest BCUT2D eigenvalue weighted by Crippen LogP contribution is -2.57. The number of hydrogen-bond donors (Lipinski definition) is 7. The summed E-state index contributed by atoms with van der Waals surface area (Å²) in [5.74, 6) is -0.401. The quantitative estimate of drug-likeness (QED) is 0.0699. The van der Waals surface area contributed by atoms with E-state index in [1.807, 2.05) is 79.0 Å². The number of hydrogen-bond acceptors (Lipinski definition) is 10. The zero-order valence-electron chi connectivity index (χ0n) is 32.4. The number of nitrogens with two attached hydrogens (primary N) is 2. The molecule has 3 atom stereocenters. The molecule has 0 radical (unpaired) electrons. The molecule has 0 aliphatic carbocycles. The number of carbonyl (C=O) groups is 3. The first-order valence-electron chi connectivity index (χ1n) is 19.4. The first-order chi connectivity index (χ1) is 27.7. The third kappa shape index (κ3) is 10.2. The maximum atomic E-state index is 14.7. The highest BCUT2D eigenvalue weighted by Crippen LogP contribution is 2.42. The van der Waals surface area contributed by atoms with E-state index in [0.29, 0.717) is 62.5 Å². The van der Waals surface area contributed by atoms with Crippen LogP contribution in [0.4, 0.5) is 0 Å². The van der Waals surface area contributed by atoms with Gasteiger partial charge < -0.3 is 42.0 Å². The number of aromatic nitrogens is 2. The van der Waals surface area contributed by atoms with Gasteiger partial charge in [-0.3, -0.25) is 14.4 Å². The Balaban J connectivity index is 1.49. The van der Waals surface area contributed by atoms with Crippen molar-refractivity contribution in [2.45, 2.75) is 84.6 Å². The van der Waals surface area contributed by atoms with Crippen molar-refractivity contribution >= 4 is 53.0 Å². The van der Waals surface area contributed by atoms with Crippen molar-refractivity contribution in [3.63, 3.8) is 0 Å². The lowest BCUT2D eigenvalue weighted by atomic mass is 9.98. The Labute approximate surface area is 343 Å². The minimum Gasteiger partial charge on any atom is -0.496 e. The summed E-state index contributed by atoms with van der Waals surface area (Å²) in [6.45, 7) is 1.31. The molecule has 2 aromatic heterocycles. The van der Waals surface area contributed by atoms with Gasteiger partial charge in [-0.2, -0.15) is 0 Å². The summed E-state index contributed by atoms with van der Waals surface area (Å²) < 4.78 is 5.96. The number of likely N-dealkylation sites (N-methyl/N-ethyl adjacent to an activating group) is 1. The van der Waals surface area contributed by atoms with Crippen LogP contribution in [0.5, 0.6) is 5.75 Å². The van der Waals surface area contributed by atoms with Crippen LogP contribution in [0.2, 0.25) is 0 Å². The number of thiol groups is 1. The summed E-state index contributed by atoms with van der Waals surface area (Å²) in [6, 6.07) is 21.0. The second-order valence-electron chi connectivity index (χ2n) is 14.2. The smallest absolute Gasteiger partial charge is 0.245 e. The number of benzene rings is 3. The fourth-order valence-electron chi connectivity index (χ4n) is 7.22. The van der Waals surface area contributed by atoms with Crippen molar-refractivity contribution in [1.29, 1.82) is 0 Å². The highest BCUT2D eigenvalue weighted by Gasteiger charge is 2.34. The van der Waals surface area contributed by atoms with E-state index in [1.54, 1.807) is 20.4 Å². The van der Waals surface area contributed by atoms with Crippen molar-refractivity contribution in [3.8, 4) is 16.9 Å². The monoisotopic (exact) mass is 808 g/mol. The molecular formula is C43H52N8O4S2. The van der Waals surface area contributed by atoms with E-state index in [1.165, 1.54) is 16.7 Å². The molecule has 0 bridgehead atoms. The van der Waals surface area contributed by atoms with Gasteiger partial charge in [0, 0.05) is 54.8 Å². The molecule has 0 saturated carbocycles. The number of ether oxygens (including phenoxy) is 1. The van der Waals surface area contributed by atoms with Crippen LogP contribution in [0.1, 0.15) is 48.8 Å². The number of H-pyrrole nitrogens is 1. The van der Waals surface area contributed by atoms with Gasteiger partial charge in [0.15, 0.2) is 0 Å². The van der Waals surface area contributed by atoms with Gasteiger partial charge in [0.1, 0.15) is 22.9 Å². The van der Waals surface area contributed by atoms with E-state index in [0.717, 1.165) is 48.5 Å². The fourth-order valence-corrected chi connectivity index (χ4v) is 8.51. The Kier molecular flexibility index (Phi) is 14.7.